The second-order valence-electron chi connectivity index (χ2n) is 5.79. The van der Waals surface area contributed by atoms with E-state index in [4.69, 9.17) is 22.2 Å². The van der Waals surface area contributed by atoms with E-state index in [9.17, 15) is 0 Å². The van der Waals surface area contributed by atoms with Crippen molar-refractivity contribution < 1.29 is 4.74 Å². The number of aromatic nitrogens is 2. The van der Waals surface area contributed by atoms with Crippen LogP contribution in [0.25, 0.3) is 0 Å². The zero-order valence-electron chi connectivity index (χ0n) is 13.3. The van der Waals surface area contributed by atoms with Crippen LogP contribution in [0.4, 0.5) is 0 Å². The third-order valence-corrected chi connectivity index (χ3v) is 5.06. The van der Waals surface area contributed by atoms with E-state index >= 15 is 0 Å². The molecule has 2 rings (SSSR count). The van der Waals surface area contributed by atoms with Gasteiger partial charge in [-0.15, -0.1) is 0 Å². The van der Waals surface area contributed by atoms with Gasteiger partial charge in [0.1, 0.15) is 0 Å². The van der Waals surface area contributed by atoms with Crippen LogP contribution in [0.3, 0.4) is 0 Å². The van der Waals surface area contributed by atoms with Gasteiger partial charge in [0.2, 0.25) is 0 Å². The first-order valence-corrected chi connectivity index (χ1v) is 8.27. The number of hydrazine groups is 1. The summed E-state index contributed by atoms with van der Waals surface area (Å²) in [5.41, 5.74) is 4.73. The van der Waals surface area contributed by atoms with Gasteiger partial charge in [-0.2, -0.15) is 5.10 Å². The molecule has 21 heavy (non-hydrogen) atoms. The number of hydrogen-bond acceptors (Lipinski definition) is 4. The topological polar surface area (TPSA) is 65.1 Å². The quantitative estimate of drug-likeness (QED) is 0.600. The highest BCUT2D eigenvalue weighted by Gasteiger charge is 2.42. The molecule has 1 saturated carbocycles. The maximum absolute atomic E-state index is 6.43. The van der Waals surface area contributed by atoms with Crippen molar-refractivity contribution in [1.82, 2.24) is 15.2 Å². The van der Waals surface area contributed by atoms with E-state index < -0.39 is 0 Å². The fourth-order valence-corrected chi connectivity index (χ4v) is 3.72. The van der Waals surface area contributed by atoms with E-state index in [2.05, 4.69) is 17.4 Å². The van der Waals surface area contributed by atoms with E-state index in [1.807, 2.05) is 18.5 Å². The minimum Gasteiger partial charge on any atom is -0.374 e. The first-order chi connectivity index (χ1) is 10.1. The number of halogens is 1. The molecule has 1 fully saturated rings. The summed E-state index contributed by atoms with van der Waals surface area (Å²) >= 11 is 6.43. The van der Waals surface area contributed by atoms with Gasteiger partial charge in [0.15, 0.2) is 0 Å². The summed E-state index contributed by atoms with van der Waals surface area (Å²) in [6.45, 7) is 7.57. The molecule has 1 aliphatic carbocycles. The Labute approximate surface area is 132 Å². The number of nitrogens with two attached hydrogens (primary N) is 1. The van der Waals surface area contributed by atoms with Crippen molar-refractivity contribution in [3.05, 3.63) is 16.4 Å². The average Bonchev–Trinajstić information content (AvgIpc) is 3.04. The van der Waals surface area contributed by atoms with Gasteiger partial charge in [-0.25, -0.2) is 0 Å². The minimum atomic E-state index is -0.177. The van der Waals surface area contributed by atoms with Gasteiger partial charge < -0.3 is 4.74 Å². The Bertz CT molecular complexity index is 468. The summed E-state index contributed by atoms with van der Waals surface area (Å²) in [6, 6.07) is 0.0545. The molecule has 0 aromatic carbocycles. The van der Waals surface area contributed by atoms with Crippen molar-refractivity contribution in [2.75, 3.05) is 6.61 Å². The van der Waals surface area contributed by atoms with E-state index in [1.165, 1.54) is 12.8 Å². The Morgan fingerprint density at radius 3 is 2.62 bits per heavy atom. The lowest BCUT2D eigenvalue weighted by Crippen LogP contribution is -2.55. The Balaban J connectivity index is 2.26. The predicted molar refractivity (Wildman–Crippen MR) is 85.3 cm³/mol. The summed E-state index contributed by atoms with van der Waals surface area (Å²) in [5, 5.41) is 5.24. The largest absolute Gasteiger partial charge is 0.374 e. The van der Waals surface area contributed by atoms with Gasteiger partial charge in [0.05, 0.1) is 28.1 Å². The molecule has 0 bridgehead atoms. The van der Waals surface area contributed by atoms with Crippen molar-refractivity contribution in [2.45, 2.75) is 71.1 Å². The van der Waals surface area contributed by atoms with Crippen LogP contribution in [-0.4, -0.2) is 28.0 Å². The Morgan fingerprint density at radius 1 is 1.43 bits per heavy atom. The fourth-order valence-electron chi connectivity index (χ4n) is 3.51. The maximum Gasteiger partial charge on any atom is 0.0851 e. The van der Waals surface area contributed by atoms with Crippen LogP contribution in [-0.2, 0) is 17.7 Å². The first kappa shape index (κ1) is 16.7. The van der Waals surface area contributed by atoms with Crippen LogP contribution in [0.1, 0.15) is 50.9 Å². The second kappa shape index (κ2) is 7.09. The first-order valence-electron chi connectivity index (χ1n) is 7.89. The molecule has 0 aliphatic heterocycles. The number of nitrogens with one attached hydrogen (secondary N) is 1. The number of aryl methyl sites for hydroxylation is 2. The van der Waals surface area contributed by atoms with Crippen LogP contribution >= 0.6 is 11.6 Å². The molecule has 1 heterocycles. The molecule has 6 heteroatoms. The van der Waals surface area contributed by atoms with Crippen LogP contribution in [0.15, 0.2) is 0 Å². The monoisotopic (exact) mass is 314 g/mol. The second-order valence-corrected chi connectivity index (χ2v) is 6.17. The number of rotatable bonds is 7. The van der Waals surface area contributed by atoms with Crippen molar-refractivity contribution in [3.8, 4) is 0 Å². The summed E-state index contributed by atoms with van der Waals surface area (Å²) in [4.78, 5) is 0. The standard InChI is InChI=1S/C15H27ClN4O/c1-4-20-12(14(16)11(3)19-20)10-13(18-17)15(21-5-2)8-6-7-9-15/h13,18H,4-10,17H2,1-3H3. The molecular formula is C15H27ClN4O. The zero-order valence-corrected chi connectivity index (χ0v) is 14.0. The number of nitrogens with zero attached hydrogens (tertiary/aromatic N) is 2. The third kappa shape index (κ3) is 3.26. The van der Waals surface area contributed by atoms with Crippen molar-refractivity contribution in [1.29, 1.82) is 0 Å². The fraction of sp³-hybridized carbons (Fsp3) is 0.800. The molecule has 1 unspecified atom stereocenters. The normalized spacial score (nSPS) is 19.1. The smallest absolute Gasteiger partial charge is 0.0851 e. The Hall–Kier alpha value is -0.620. The van der Waals surface area contributed by atoms with Crippen LogP contribution in [0.5, 0.6) is 0 Å². The van der Waals surface area contributed by atoms with E-state index in [0.717, 1.165) is 42.2 Å². The molecular weight excluding hydrogens is 288 g/mol. The van der Waals surface area contributed by atoms with Gasteiger partial charge in [-0.05, 0) is 33.6 Å². The molecule has 1 atom stereocenters. The summed E-state index contributed by atoms with van der Waals surface area (Å²) in [6.07, 6.45) is 5.22. The highest BCUT2D eigenvalue weighted by Crippen LogP contribution is 2.38. The summed E-state index contributed by atoms with van der Waals surface area (Å²) in [5.74, 6) is 5.86. The SMILES string of the molecule is CCOC1(C(Cc2c(Cl)c(C)nn2CC)NN)CCCC1. The molecule has 120 valence electrons. The van der Waals surface area contributed by atoms with Gasteiger partial charge >= 0.3 is 0 Å². The van der Waals surface area contributed by atoms with E-state index in [-0.39, 0.29) is 11.6 Å². The predicted octanol–water partition coefficient (Wildman–Crippen LogP) is 2.59. The number of ether oxygens (including phenoxy) is 1. The van der Waals surface area contributed by atoms with Crippen LogP contribution in [0.2, 0.25) is 5.02 Å². The van der Waals surface area contributed by atoms with Gasteiger partial charge in [-0.1, -0.05) is 24.4 Å². The lowest BCUT2D eigenvalue weighted by atomic mass is 9.89. The van der Waals surface area contributed by atoms with Crippen molar-refractivity contribution in [2.24, 2.45) is 5.84 Å². The third-order valence-electron chi connectivity index (χ3n) is 4.57. The minimum absolute atomic E-state index is 0.0545. The van der Waals surface area contributed by atoms with Crippen molar-refractivity contribution >= 4 is 11.6 Å². The van der Waals surface area contributed by atoms with Crippen LogP contribution < -0.4 is 11.3 Å². The lowest BCUT2D eigenvalue weighted by molar-refractivity contribution is -0.0617. The average molecular weight is 315 g/mol. The van der Waals surface area contributed by atoms with E-state index in [1.54, 1.807) is 0 Å². The van der Waals surface area contributed by atoms with Gasteiger partial charge in [0.25, 0.3) is 0 Å². The summed E-state index contributed by atoms with van der Waals surface area (Å²) < 4.78 is 8.09. The molecule has 1 aromatic rings. The summed E-state index contributed by atoms with van der Waals surface area (Å²) in [7, 11) is 0. The molecule has 1 aliphatic rings. The van der Waals surface area contributed by atoms with Crippen LogP contribution in [0, 0.1) is 6.92 Å². The highest BCUT2D eigenvalue weighted by molar-refractivity contribution is 6.31. The Kier molecular flexibility index (Phi) is 5.66. The maximum atomic E-state index is 6.43. The Morgan fingerprint density at radius 2 is 2.10 bits per heavy atom. The number of hydrogen-bond donors (Lipinski definition) is 2. The van der Waals surface area contributed by atoms with Gasteiger partial charge in [0, 0.05) is 19.6 Å². The molecule has 0 radical (unpaired) electrons. The lowest BCUT2D eigenvalue weighted by Gasteiger charge is -2.37. The van der Waals surface area contributed by atoms with Gasteiger partial charge in [-0.3, -0.25) is 16.0 Å². The highest BCUT2D eigenvalue weighted by atomic mass is 35.5. The molecule has 5 nitrogen and oxygen atoms in total. The molecule has 0 saturated heterocycles. The molecule has 0 spiro atoms. The van der Waals surface area contributed by atoms with E-state index in [0.29, 0.717) is 6.61 Å². The molecule has 0 amide bonds. The zero-order chi connectivity index (χ0) is 15.5. The van der Waals surface area contributed by atoms with Crippen molar-refractivity contribution in [3.63, 3.8) is 0 Å². The molecule has 1 aromatic heterocycles. The molecule has 3 N–H and O–H groups in total.